The summed E-state index contributed by atoms with van der Waals surface area (Å²) in [7, 11) is 0. The second-order valence-corrected chi connectivity index (χ2v) is 6.72. The van der Waals surface area contributed by atoms with Crippen LogP contribution in [-0.2, 0) is 11.3 Å². The first-order valence-corrected chi connectivity index (χ1v) is 9.17. The summed E-state index contributed by atoms with van der Waals surface area (Å²) in [5.74, 6) is -0.0366. The van der Waals surface area contributed by atoms with Crippen LogP contribution in [0.4, 0.5) is 11.4 Å². The molecule has 2 N–H and O–H groups in total. The third-order valence-electron chi connectivity index (χ3n) is 4.13. The molecule has 140 valence electrons. The summed E-state index contributed by atoms with van der Waals surface area (Å²) in [6, 6.07) is 10.5. The fraction of sp³-hybridized carbons (Fsp3) is 0.250. The van der Waals surface area contributed by atoms with E-state index in [9.17, 15) is 9.59 Å². The van der Waals surface area contributed by atoms with Crippen LogP contribution in [0.2, 0.25) is 5.02 Å². The van der Waals surface area contributed by atoms with Gasteiger partial charge in [-0.2, -0.15) is 0 Å². The lowest BCUT2D eigenvalue weighted by molar-refractivity contribution is -0.116. The minimum atomic E-state index is -0.132. The maximum atomic E-state index is 12.3. The zero-order chi connectivity index (χ0) is 19.4. The standard InChI is InChI=1S/C20H21ClN4O2/c1-3-5-18(26)23-14-7-8-16(21)17(10-14)22-12-15-11-19(27)25-9-4-6-13(2)20(25)24-15/h4,6-11,22H,3,5,12H2,1-2H3,(H,23,26). The molecule has 0 bridgehead atoms. The Morgan fingerprint density at radius 3 is 2.85 bits per heavy atom. The largest absolute Gasteiger partial charge is 0.378 e. The number of halogens is 1. The van der Waals surface area contributed by atoms with Gasteiger partial charge >= 0.3 is 0 Å². The first kappa shape index (κ1) is 18.9. The van der Waals surface area contributed by atoms with Gasteiger partial charge in [0.25, 0.3) is 5.56 Å². The first-order valence-electron chi connectivity index (χ1n) is 8.79. The molecular weight excluding hydrogens is 364 g/mol. The number of amides is 1. The van der Waals surface area contributed by atoms with Crippen molar-refractivity contribution < 1.29 is 4.79 Å². The van der Waals surface area contributed by atoms with Gasteiger partial charge in [0.05, 0.1) is 22.9 Å². The minimum Gasteiger partial charge on any atom is -0.378 e. The van der Waals surface area contributed by atoms with Crippen molar-refractivity contribution in [2.75, 3.05) is 10.6 Å². The number of nitrogens with one attached hydrogen (secondary N) is 2. The van der Waals surface area contributed by atoms with E-state index in [1.807, 2.05) is 26.0 Å². The van der Waals surface area contributed by atoms with Crippen LogP contribution in [0.5, 0.6) is 0 Å². The van der Waals surface area contributed by atoms with Crippen molar-refractivity contribution in [3.05, 3.63) is 69.2 Å². The van der Waals surface area contributed by atoms with Crippen LogP contribution in [0.15, 0.2) is 47.4 Å². The van der Waals surface area contributed by atoms with Gasteiger partial charge in [-0.25, -0.2) is 4.98 Å². The normalized spacial score (nSPS) is 10.8. The highest BCUT2D eigenvalue weighted by Gasteiger charge is 2.08. The number of carbonyl (C=O) groups excluding carboxylic acids is 1. The molecule has 2 aromatic heterocycles. The van der Waals surface area contributed by atoms with E-state index in [0.29, 0.717) is 40.7 Å². The molecular formula is C20H21ClN4O2. The van der Waals surface area contributed by atoms with Crippen LogP contribution in [0, 0.1) is 6.92 Å². The summed E-state index contributed by atoms with van der Waals surface area (Å²) in [6.45, 7) is 4.21. The summed E-state index contributed by atoms with van der Waals surface area (Å²) >= 11 is 6.25. The number of benzene rings is 1. The van der Waals surface area contributed by atoms with E-state index in [2.05, 4.69) is 15.6 Å². The third-order valence-corrected chi connectivity index (χ3v) is 4.46. The van der Waals surface area contributed by atoms with Crippen molar-refractivity contribution in [2.24, 2.45) is 0 Å². The van der Waals surface area contributed by atoms with Gasteiger partial charge in [-0.15, -0.1) is 0 Å². The van der Waals surface area contributed by atoms with Crippen molar-refractivity contribution in [1.82, 2.24) is 9.38 Å². The van der Waals surface area contributed by atoms with E-state index < -0.39 is 0 Å². The lowest BCUT2D eigenvalue weighted by Crippen LogP contribution is -2.17. The molecule has 1 aromatic carbocycles. The number of pyridine rings is 1. The molecule has 2 heterocycles. The maximum absolute atomic E-state index is 12.3. The Morgan fingerprint density at radius 1 is 1.26 bits per heavy atom. The number of carbonyl (C=O) groups is 1. The van der Waals surface area contributed by atoms with Crippen LogP contribution in [-0.4, -0.2) is 15.3 Å². The van der Waals surface area contributed by atoms with Gasteiger partial charge in [-0.05, 0) is 43.2 Å². The van der Waals surface area contributed by atoms with Crippen LogP contribution in [0.25, 0.3) is 5.65 Å². The topological polar surface area (TPSA) is 75.5 Å². The van der Waals surface area contributed by atoms with Crippen LogP contribution in [0.3, 0.4) is 0 Å². The highest BCUT2D eigenvalue weighted by molar-refractivity contribution is 6.33. The zero-order valence-electron chi connectivity index (χ0n) is 15.3. The minimum absolute atomic E-state index is 0.0366. The molecule has 0 spiro atoms. The third kappa shape index (κ3) is 4.46. The summed E-state index contributed by atoms with van der Waals surface area (Å²) in [4.78, 5) is 28.6. The number of aromatic nitrogens is 2. The fourth-order valence-corrected chi connectivity index (χ4v) is 2.96. The van der Waals surface area contributed by atoms with Gasteiger partial charge in [-0.1, -0.05) is 24.6 Å². The molecule has 0 unspecified atom stereocenters. The van der Waals surface area contributed by atoms with Crippen molar-refractivity contribution in [2.45, 2.75) is 33.2 Å². The summed E-state index contributed by atoms with van der Waals surface area (Å²) in [6.07, 6.45) is 2.96. The SMILES string of the molecule is CCCC(=O)Nc1ccc(Cl)c(NCc2cc(=O)n3cccc(C)c3n2)c1. The van der Waals surface area contributed by atoms with Crippen molar-refractivity contribution in [3.63, 3.8) is 0 Å². The Hall–Kier alpha value is -2.86. The monoisotopic (exact) mass is 384 g/mol. The smallest absolute Gasteiger partial charge is 0.258 e. The van der Waals surface area contributed by atoms with Gasteiger partial charge in [0.1, 0.15) is 5.65 Å². The number of anilines is 2. The number of hydrogen-bond donors (Lipinski definition) is 2. The fourth-order valence-electron chi connectivity index (χ4n) is 2.77. The lowest BCUT2D eigenvalue weighted by Gasteiger charge is -2.12. The van der Waals surface area contributed by atoms with Crippen molar-refractivity contribution >= 4 is 34.5 Å². The number of hydrogen-bond acceptors (Lipinski definition) is 4. The molecule has 0 aliphatic heterocycles. The summed E-state index contributed by atoms with van der Waals surface area (Å²) in [5.41, 5.74) is 3.38. The van der Waals surface area contributed by atoms with Crippen molar-refractivity contribution in [3.8, 4) is 0 Å². The molecule has 1 amide bonds. The second kappa shape index (κ2) is 8.22. The van der Waals surface area contributed by atoms with Crippen LogP contribution in [0.1, 0.15) is 31.0 Å². The Morgan fingerprint density at radius 2 is 2.07 bits per heavy atom. The molecule has 6 nitrogen and oxygen atoms in total. The van der Waals surface area contributed by atoms with Gasteiger partial charge in [0, 0.05) is 24.4 Å². The van der Waals surface area contributed by atoms with Crippen LogP contribution < -0.4 is 16.2 Å². The predicted octanol–water partition coefficient (Wildman–Crippen LogP) is 4.01. The van der Waals surface area contributed by atoms with E-state index in [-0.39, 0.29) is 11.5 Å². The average Bonchev–Trinajstić information content (AvgIpc) is 2.63. The molecule has 27 heavy (non-hydrogen) atoms. The summed E-state index contributed by atoms with van der Waals surface area (Å²) < 4.78 is 1.52. The molecule has 7 heteroatoms. The molecule has 3 rings (SSSR count). The Balaban J connectivity index is 1.80. The van der Waals surface area contributed by atoms with E-state index in [0.717, 1.165) is 12.0 Å². The van der Waals surface area contributed by atoms with E-state index in [1.165, 1.54) is 10.5 Å². The number of rotatable bonds is 6. The molecule has 0 saturated heterocycles. The number of fused-ring (bicyclic) bond motifs is 1. The molecule has 0 aliphatic rings. The summed E-state index contributed by atoms with van der Waals surface area (Å²) in [5, 5.41) is 6.56. The van der Waals surface area contributed by atoms with Gasteiger partial charge in [-0.3, -0.25) is 14.0 Å². The zero-order valence-corrected chi connectivity index (χ0v) is 16.0. The molecule has 0 radical (unpaired) electrons. The molecule has 0 fully saturated rings. The lowest BCUT2D eigenvalue weighted by atomic mass is 10.2. The highest BCUT2D eigenvalue weighted by atomic mass is 35.5. The van der Waals surface area contributed by atoms with Crippen LogP contribution >= 0.6 is 11.6 Å². The van der Waals surface area contributed by atoms with Crippen molar-refractivity contribution in [1.29, 1.82) is 0 Å². The van der Waals surface area contributed by atoms with Gasteiger partial charge in [0.2, 0.25) is 5.91 Å². The molecule has 0 atom stereocenters. The number of aryl methyl sites for hydroxylation is 1. The van der Waals surface area contributed by atoms with E-state index in [4.69, 9.17) is 11.6 Å². The quantitative estimate of drug-likeness (QED) is 0.673. The number of nitrogens with zero attached hydrogens (tertiary/aromatic N) is 2. The Bertz CT molecular complexity index is 1050. The predicted molar refractivity (Wildman–Crippen MR) is 109 cm³/mol. The molecule has 3 aromatic rings. The Labute approximate surface area is 162 Å². The maximum Gasteiger partial charge on any atom is 0.258 e. The molecule has 0 saturated carbocycles. The Kier molecular flexibility index (Phi) is 5.76. The first-order chi connectivity index (χ1) is 13.0. The average molecular weight is 385 g/mol. The van der Waals surface area contributed by atoms with Gasteiger partial charge < -0.3 is 10.6 Å². The van der Waals surface area contributed by atoms with E-state index >= 15 is 0 Å². The highest BCUT2D eigenvalue weighted by Crippen LogP contribution is 2.26. The second-order valence-electron chi connectivity index (χ2n) is 6.32. The van der Waals surface area contributed by atoms with Gasteiger partial charge in [0.15, 0.2) is 0 Å². The molecule has 0 aliphatic carbocycles. The van der Waals surface area contributed by atoms with E-state index in [1.54, 1.807) is 24.4 Å².